The number of carbonyl (C=O) groups excluding carboxylic acids is 1. The fraction of sp³-hybridized carbons (Fsp3) is 0.125. The van der Waals surface area contributed by atoms with Crippen LogP contribution in [0.2, 0.25) is 0 Å². The summed E-state index contributed by atoms with van der Waals surface area (Å²) in [5, 5.41) is 24.5. The average Bonchev–Trinajstić information content (AvgIpc) is 2.64. The van der Waals surface area contributed by atoms with E-state index < -0.39 is 10.8 Å². The molecule has 10 heteroatoms. The summed E-state index contributed by atoms with van der Waals surface area (Å²) in [5.41, 5.74) is 2.44. The smallest absolute Gasteiger partial charge is 0.271 e. The molecule has 0 aromatic heterocycles. The molecule has 0 saturated heterocycles. The highest BCUT2D eigenvalue weighted by Gasteiger charge is 2.15. The molecule has 2 aromatic carbocycles. The van der Waals surface area contributed by atoms with E-state index in [0.29, 0.717) is 30.3 Å². The summed E-state index contributed by atoms with van der Waals surface area (Å²) in [6, 6.07) is 7.01. The van der Waals surface area contributed by atoms with Gasteiger partial charge in [0, 0.05) is 23.3 Å². The Morgan fingerprint density at radius 2 is 2.00 bits per heavy atom. The first kappa shape index (κ1) is 17.7. The van der Waals surface area contributed by atoms with Crippen LogP contribution >= 0.6 is 15.9 Å². The number of amides is 1. The molecule has 2 aromatic rings. The van der Waals surface area contributed by atoms with Gasteiger partial charge in [0.2, 0.25) is 0 Å². The van der Waals surface area contributed by atoms with Gasteiger partial charge in [0.05, 0.1) is 15.6 Å². The van der Waals surface area contributed by atoms with Gasteiger partial charge in [0.1, 0.15) is 19.0 Å². The minimum absolute atomic E-state index is 0.0774. The molecule has 26 heavy (non-hydrogen) atoms. The summed E-state index contributed by atoms with van der Waals surface area (Å²) in [6.45, 7) is 0.849. The van der Waals surface area contributed by atoms with Crippen LogP contribution in [-0.2, 0) is 0 Å². The highest BCUT2D eigenvalue weighted by molar-refractivity contribution is 9.10. The number of nitrogens with zero attached hydrogens (tertiary/aromatic N) is 2. The number of hydrazone groups is 1. The third-order valence-corrected chi connectivity index (χ3v) is 4.07. The van der Waals surface area contributed by atoms with Gasteiger partial charge >= 0.3 is 0 Å². The quantitative estimate of drug-likeness (QED) is 0.444. The lowest BCUT2D eigenvalue weighted by Gasteiger charge is -2.18. The predicted molar refractivity (Wildman–Crippen MR) is 95.0 cm³/mol. The van der Waals surface area contributed by atoms with Gasteiger partial charge < -0.3 is 14.6 Å². The highest BCUT2D eigenvalue weighted by Crippen LogP contribution is 2.32. The van der Waals surface area contributed by atoms with Crippen molar-refractivity contribution in [2.45, 2.75) is 0 Å². The fourth-order valence-electron chi connectivity index (χ4n) is 2.22. The lowest BCUT2D eigenvalue weighted by atomic mass is 10.2. The third-order valence-electron chi connectivity index (χ3n) is 3.46. The van der Waals surface area contributed by atoms with Crippen molar-refractivity contribution < 1.29 is 24.3 Å². The Bertz CT molecular complexity index is 915. The Hall–Kier alpha value is -3.14. The lowest BCUT2D eigenvalue weighted by Crippen LogP contribution is -2.19. The van der Waals surface area contributed by atoms with Crippen LogP contribution in [0.15, 0.2) is 39.9 Å². The number of carbonyl (C=O) groups is 1. The second-order valence-electron chi connectivity index (χ2n) is 5.18. The molecule has 2 N–H and O–H groups in total. The van der Waals surface area contributed by atoms with Crippen LogP contribution in [0.1, 0.15) is 15.9 Å². The highest BCUT2D eigenvalue weighted by atomic mass is 79.9. The number of ether oxygens (including phenoxy) is 2. The van der Waals surface area contributed by atoms with Crippen molar-refractivity contribution in [1.29, 1.82) is 0 Å². The molecule has 1 aliphatic rings. The van der Waals surface area contributed by atoms with Crippen LogP contribution in [0.4, 0.5) is 5.69 Å². The summed E-state index contributed by atoms with van der Waals surface area (Å²) < 4.78 is 10.9. The molecule has 0 unspecified atom stereocenters. The summed E-state index contributed by atoms with van der Waals surface area (Å²) in [7, 11) is 0. The van der Waals surface area contributed by atoms with Crippen molar-refractivity contribution in [1.82, 2.24) is 5.43 Å². The van der Waals surface area contributed by atoms with E-state index in [2.05, 4.69) is 26.5 Å². The molecule has 1 heterocycles. The van der Waals surface area contributed by atoms with Crippen molar-refractivity contribution in [2.75, 3.05) is 13.2 Å². The van der Waals surface area contributed by atoms with Crippen molar-refractivity contribution in [3.63, 3.8) is 0 Å². The number of benzene rings is 2. The van der Waals surface area contributed by atoms with Crippen molar-refractivity contribution >= 4 is 33.7 Å². The van der Waals surface area contributed by atoms with Gasteiger partial charge in [-0.25, -0.2) is 5.43 Å². The summed E-state index contributed by atoms with van der Waals surface area (Å²) in [6.07, 6.45) is 1.11. The first-order valence-corrected chi connectivity index (χ1v) is 8.15. The molecular formula is C16H12BrN3O6. The standard InChI is InChI=1S/C16H12BrN3O6/c17-12-7-11(20(23)24)5-10(15(12)21)8-18-19-16(22)9-1-2-13-14(6-9)26-4-3-25-13/h1-2,5-8,21H,3-4H2,(H,19,22)/b18-8+. The largest absolute Gasteiger partial charge is 0.506 e. The number of rotatable bonds is 4. The maximum Gasteiger partial charge on any atom is 0.271 e. The van der Waals surface area contributed by atoms with Gasteiger partial charge in [-0.2, -0.15) is 5.10 Å². The molecule has 3 rings (SSSR count). The molecule has 0 saturated carbocycles. The zero-order valence-corrected chi connectivity index (χ0v) is 14.7. The van der Waals surface area contributed by atoms with Crippen LogP contribution in [0.25, 0.3) is 0 Å². The molecule has 134 valence electrons. The molecule has 0 bridgehead atoms. The van der Waals surface area contributed by atoms with E-state index in [0.717, 1.165) is 12.3 Å². The molecule has 9 nitrogen and oxygen atoms in total. The minimum Gasteiger partial charge on any atom is -0.506 e. The van der Waals surface area contributed by atoms with Crippen LogP contribution in [-0.4, -0.2) is 35.4 Å². The average molecular weight is 422 g/mol. The molecular weight excluding hydrogens is 410 g/mol. The monoisotopic (exact) mass is 421 g/mol. The zero-order chi connectivity index (χ0) is 18.7. The molecule has 0 atom stereocenters. The zero-order valence-electron chi connectivity index (χ0n) is 13.1. The lowest BCUT2D eigenvalue weighted by molar-refractivity contribution is -0.385. The number of aromatic hydroxyl groups is 1. The third kappa shape index (κ3) is 3.75. The van der Waals surface area contributed by atoms with Crippen molar-refractivity contribution in [3.05, 3.63) is 56.0 Å². The van der Waals surface area contributed by atoms with Gasteiger partial charge in [-0.3, -0.25) is 14.9 Å². The van der Waals surface area contributed by atoms with E-state index in [9.17, 15) is 20.0 Å². The summed E-state index contributed by atoms with van der Waals surface area (Å²) >= 11 is 3.03. The molecule has 0 spiro atoms. The van der Waals surface area contributed by atoms with Crippen LogP contribution in [0.5, 0.6) is 17.2 Å². The van der Waals surface area contributed by atoms with Gasteiger partial charge in [0.15, 0.2) is 11.5 Å². The Morgan fingerprint density at radius 1 is 1.27 bits per heavy atom. The van der Waals surface area contributed by atoms with Crippen molar-refractivity contribution in [2.24, 2.45) is 5.10 Å². The Kier molecular flexibility index (Phi) is 5.03. The number of hydrogen-bond acceptors (Lipinski definition) is 7. The molecule has 0 fully saturated rings. The van der Waals surface area contributed by atoms with E-state index >= 15 is 0 Å². The Labute approximate surface area is 155 Å². The number of nitro groups is 1. The van der Waals surface area contributed by atoms with Gasteiger partial charge in [-0.05, 0) is 34.1 Å². The molecule has 0 radical (unpaired) electrons. The van der Waals surface area contributed by atoms with Gasteiger partial charge in [0.25, 0.3) is 11.6 Å². The van der Waals surface area contributed by atoms with E-state index in [4.69, 9.17) is 9.47 Å². The number of nitro benzene ring substituents is 1. The van der Waals surface area contributed by atoms with E-state index in [1.807, 2.05) is 0 Å². The topological polar surface area (TPSA) is 123 Å². The number of non-ortho nitro benzene ring substituents is 1. The Morgan fingerprint density at radius 3 is 2.73 bits per heavy atom. The molecule has 1 amide bonds. The van der Waals surface area contributed by atoms with Crippen molar-refractivity contribution in [3.8, 4) is 17.2 Å². The van der Waals surface area contributed by atoms with Gasteiger partial charge in [-0.15, -0.1) is 0 Å². The van der Waals surface area contributed by atoms with Crippen LogP contribution < -0.4 is 14.9 Å². The predicted octanol–water partition coefficient (Wildman–Crippen LogP) is 2.60. The maximum absolute atomic E-state index is 12.1. The number of nitrogens with one attached hydrogen (secondary N) is 1. The number of hydrogen-bond donors (Lipinski definition) is 2. The second kappa shape index (κ2) is 7.40. The SMILES string of the molecule is O=C(N/N=C/c1cc([N+](=O)[O-])cc(Br)c1O)c1ccc2c(c1)OCCO2. The minimum atomic E-state index is -0.602. The first-order chi connectivity index (χ1) is 12.5. The van der Waals surface area contributed by atoms with Crippen LogP contribution in [0.3, 0.4) is 0 Å². The van der Waals surface area contributed by atoms with Crippen LogP contribution in [0, 0.1) is 10.1 Å². The summed E-state index contributed by atoms with van der Waals surface area (Å²) in [4.78, 5) is 22.4. The first-order valence-electron chi connectivity index (χ1n) is 7.35. The van der Waals surface area contributed by atoms with E-state index in [1.165, 1.54) is 12.1 Å². The molecule has 0 aliphatic carbocycles. The molecule has 1 aliphatic heterocycles. The fourth-order valence-corrected chi connectivity index (χ4v) is 2.68. The summed E-state index contributed by atoms with van der Waals surface area (Å²) in [5.74, 6) is 0.283. The Balaban J connectivity index is 1.74. The normalized spacial score (nSPS) is 12.8. The van der Waals surface area contributed by atoms with Gasteiger partial charge in [-0.1, -0.05) is 0 Å². The maximum atomic E-state index is 12.1. The van der Waals surface area contributed by atoms with E-state index in [1.54, 1.807) is 12.1 Å². The number of phenols is 1. The van der Waals surface area contributed by atoms with E-state index in [-0.39, 0.29) is 21.5 Å². The number of fused-ring (bicyclic) bond motifs is 1. The second-order valence-corrected chi connectivity index (χ2v) is 6.03. The number of phenolic OH excluding ortho intramolecular Hbond substituents is 1. The number of halogens is 1.